The molecule has 16 heavy (non-hydrogen) atoms. The molecule has 0 aliphatic heterocycles. The second kappa shape index (κ2) is 6.12. The second-order valence-corrected chi connectivity index (χ2v) is 3.76. The molecule has 2 N–H and O–H groups in total. The lowest BCUT2D eigenvalue weighted by Gasteiger charge is -2.11. The molecule has 1 unspecified atom stereocenters. The maximum absolute atomic E-state index is 11.6. The number of carbonyl (C=O) groups is 1. The van der Waals surface area contributed by atoms with E-state index in [9.17, 15) is 4.79 Å². The van der Waals surface area contributed by atoms with Crippen LogP contribution in [0.15, 0.2) is 24.3 Å². The van der Waals surface area contributed by atoms with Crippen molar-refractivity contribution in [3.63, 3.8) is 0 Å². The van der Waals surface area contributed by atoms with Gasteiger partial charge in [0.25, 0.3) is 5.91 Å². The quantitative estimate of drug-likeness (QED) is 0.747. The minimum absolute atomic E-state index is 0.0320. The Morgan fingerprint density at radius 3 is 2.50 bits per heavy atom. The highest BCUT2D eigenvalue weighted by Gasteiger charge is 2.07. The van der Waals surface area contributed by atoms with Gasteiger partial charge in [0.15, 0.2) is 6.54 Å². The van der Waals surface area contributed by atoms with Crippen LogP contribution in [0.25, 0.3) is 0 Å². The van der Waals surface area contributed by atoms with Crippen LogP contribution in [0, 0.1) is 0 Å². The van der Waals surface area contributed by atoms with E-state index in [2.05, 4.69) is 12.2 Å². The minimum Gasteiger partial charge on any atom is -0.497 e. The summed E-state index contributed by atoms with van der Waals surface area (Å²) in [6.45, 7) is 3.48. The number of methoxy groups -OCH3 is 1. The van der Waals surface area contributed by atoms with Gasteiger partial charge in [0, 0.05) is 5.69 Å². The lowest BCUT2D eigenvalue weighted by Crippen LogP contribution is -3.09. The molecule has 0 radical (unpaired) electrons. The topological polar surface area (TPSA) is 42.8 Å². The van der Waals surface area contributed by atoms with Crippen molar-refractivity contribution in [2.24, 2.45) is 0 Å². The van der Waals surface area contributed by atoms with E-state index in [4.69, 9.17) is 4.74 Å². The van der Waals surface area contributed by atoms with E-state index in [0.29, 0.717) is 6.54 Å². The third-order valence-electron chi connectivity index (χ3n) is 2.44. The number of carbonyl (C=O) groups excluding carboxylic acids is 1. The Kier molecular flexibility index (Phi) is 4.79. The first-order valence-corrected chi connectivity index (χ1v) is 5.41. The molecular weight excluding hydrogens is 204 g/mol. The Balaban J connectivity index is 2.49. The lowest BCUT2D eigenvalue weighted by molar-refractivity contribution is -0.868. The molecule has 1 amide bonds. The Morgan fingerprint density at radius 1 is 1.38 bits per heavy atom. The summed E-state index contributed by atoms with van der Waals surface area (Å²) in [5.41, 5.74) is 0.801. The van der Waals surface area contributed by atoms with Crippen molar-refractivity contribution in [1.29, 1.82) is 0 Å². The Labute approximate surface area is 96.2 Å². The Hall–Kier alpha value is -1.55. The number of nitrogens with one attached hydrogen (secondary N) is 2. The number of hydrogen-bond acceptors (Lipinski definition) is 2. The van der Waals surface area contributed by atoms with E-state index < -0.39 is 0 Å². The highest BCUT2D eigenvalue weighted by molar-refractivity contribution is 5.91. The summed E-state index contributed by atoms with van der Waals surface area (Å²) < 4.78 is 5.04. The summed E-state index contributed by atoms with van der Waals surface area (Å²) in [6.07, 6.45) is 0. The van der Waals surface area contributed by atoms with Crippen LogP contribution in [0.3, 0.4) is 0 Å². The van der Waals surface area contributed by atoms with Crippen molar-refractivity contribution < 1.29 is 14.4 Å². The molecule has 88 valence electrons. The van der Waals surface area contributed by atoms with Crippen LogP contribution >= 0.6 is 0 Å². The van der Waals surface area contributed by atoms with Crippen LogP contribution in [0.5, 0.6) is 5.75 Å². The predicted octanol–water partition coefficient (Wildman–Crippen LogP) is 0.168. The number of hydrogen-bond donors (Lipinski definition) is 2. The lowest BCUT2D eigenvalue weighted by atomic mass is 10.3. The van der Waals surface area contributed by atoms with Crippen LogP contribution in [0.1, 0.15) is 6.92 Å². The molecule has 1 rings (SSSR count). The molecule has 0 bridgehead atoms. The molecule has 4 heteroatoms. The molecular formula is C12H19N2O2+. The zero-order valence-electron chi connectivity index (χ0n) is 10.0. The van der Waals surface area contributed by atoms with Crippen LogP contribution in [0.4, 0.5) is 5.69 Å². The van der Waals surface area contributed by atoms with Gasteiger partial charge in [-0.25, -0.2) is 0 Å². The van der Waals surface area contributed by atoms with Crippen molar-refractivity contribution in [3.8, 4) is 5.75 Å². The van der Waals surface area contributed by atoms with E-state index in [1.54, 1.807) is 7.11 Å². The Morgan fingerprint density at radius 2 is 2.00 bits per heavy atom. The van der Waals surface area contributed by atoms with Gasteiger partial charge >= 0.3 is 0 Å². The summed E-state index contributed by atoms with van der Waals surface area (Å²) in [5, 5.41) is 2.84. The van der Waals surface area contributed by atoms with Gasteiger partial charge in [0.05, 0.1) is 20.7 Å². The first kappa shape index (κ1) is 12.5. The van der Waals surface area contributed by atoms with Crippen LogP contribution < -0.4 is 15.0 Å². The van der Waals surface area contributed by atoms with Crippen molar-refractivity contribution in [2.45, 2.75) is 6.92 Å². The van der Waals surface area contributed by atoms with Gasteiger partial charge < -0.3 is 15.0 Å². The van der Waals surface area contributed by atoms with Crippen molar-refractivity contribution in [2.75, 3.05) is 32.6 Å². The molecule has 1 atom stereocenters. The first-order valence-electron chi connectivity index (χ1n) is 5.41. The number of rotatable bonds is 5. The van der Waals surface area contributed by atoms with Gasteiger partial charge in [-0.15, -0.1) is 0 Å². The van der Waals surface area contributed by atoms with Crippen LogP contribution in [-0.2, 0) is 4.79 Å². The molecule has 4 nitrogen and oxygen atoms in total. The molecule has 1 aromatic carbocycles. The maximum Gasteiger partial charge on any atom is 0.279 e. The molecule has 0 saturated heterocycles. The minimum atomic E-state index is 0.0320. The highest BCUT2D eigenvalue weighted by Crippen LogP contribution is 2.14. The van der Waals surface area contributed by atoms with Gasteiger partial charge in [-0.3, -0.25) is 4.79 Å². The van der Waals surface area contributed by atoms with Crippen molar-refractivity contribution >= 4 is 11.6 Å². The number of ether oxygens (including phenoxy) is 1. The van der Waals surface area contributed by atoms with E-state index in [1.807, 2.05) is 31.3 Å². The van der Waals surface area contributed by atoms with Crippen LogP contribution in [-0.4, -0.2) is 33.2 Å². The fourth-order valence-corrected chi connectivity index (χ4v) is 1.28. The maximum atomic E-state index is 11.6. The highest BCUT2D eigenvalue weighted by atomic mass is 16.5. The second-order valence-electron chi connectivity index (χ2n) is 3.76. The number of likely N-dealkylation sites (N-methyl/N-ethyl adjacent to an activating group) is 1. The fraction of sp³-hybridized carbons (Fsp3) is 0.417. The van der Waals surface area contributed by atoms with E-state index >= 15 is 0 Å². The smallest absolute Gasteiger partial charge is 0.279 e. The standard InChI is InChI=1S/C12H18N2O2/c1-4-14(2)9-12(15)13-10-5-7-11(16-3)8-6-10/h5-8H,4,9H2,1-3H3,(H,13,15)/p+1. The molecule has 0 spiro atoms. The average molecular weight is 223 g/mol. The first-order chi connectivity index (χ1) is 7.65. The normalized spacial score (nSPS) is 11.9. The molecule has 0 saturated carbocycles. The number of anilines is 1. The average Bonchev–Trinajstić information content (AvgIpc) is 2.29. The summed E-state index contributed by atoms with van der Waals surface area (Å²) in [7, 11) is 3.61. The number of quaternary nitrogens is 1. The van der Waals surface area contributed by atoms with E-state index in [-0.39, 0.29) is 5.91 Å². The largest absolute Gasteiger partial charge is 0.497 e. The third kappa shape index (κ3) is 3.90. The van der Waals surface area contributed by atoms with Gasteiger partial charge in [0.1, 0.15) is 5.75 Å². The van der Waals surface area contributed by atoms with E-state index in [1.165, 1.54) is 4.90 Å². The molecule has 0 heterocycles. The van der Waals surface area contributed by atoms with E-state index in [0.717, 1.165) is 18.0 Å². The molecule has 0 aliphatic carbocycles. The van der Waals surface area contributed by atoms with Crippen LogP contribution in [0.2, 0.25) is 0 Å². The summed E-state index contributed by atoms with van der Waals surface area (Å²) in [4.78, 5) is 12.8. The number of amides is 1. The van der Waals surface area contributed by atoms with Gasteiger partial charge in [-0.05, 0) is 31.2 Å². The van der Waals surface area contributed by atoms with Gasteiger partial charge in [0.2, 0.25) is 0 Å². The molecule has 0 fully saturated rings. The van der Waals surface area contributed by atoms with Crippen molar-refractivity contribution in [1.82, 2.24) is 0 Å². The number of benzene rings is 1. The molecule has 0 aliphatic rings. The van der Waals surface area contributed by atoms with Gasteiger partial charge in [-0.2, -0.15) is 0 Å². The zero-order valence-corrected chi connectivity index (χ0v) is 10.0. The fourth-order valence-electron chi connectivity index (χ4n) is 1.28. The zero-order chi connectivity index (χ0) is 12.0. The summed E-state index contributed by atoms with van der Waals surface area (Å²) >= 11 is 0. The van der Waals surface area contributed by atoms with Crippen molar-refractivity contribution in [3.05, 3.63) is 24.3 Å². The predicted molar refractivity (Wildman–Crippen MR) is 63.9 cm³/mol. The summed E-state index contributed by atoms with van der Waals surface area (Å²) in [6, 6.07) is 7.31. The molecule has 0 aromatic heterocycles. The van der Waals surface area contributed by atoms with Gasteiger partial charge in [-0.1, -0.05) is 0 Å². The monoisotopic (exact) mass is 223 g/mol. The third-order valence-corrected chi connectivity index (χ3v) is 2.44. The summed E-state index contributed by atoms with van der Waals surface area (Å²) in [5.74, 6) is 0.818. The SMILES string of the molecule is CC[NH+](C)CC(=O)Nc1ccc(OC)cc1. The Bertz CT molecular complexity index is 335. The molecule has 1 aromatic rings.